The van der Waals surface area contributed by atoms with E-state index in [0.29, 0.717) is 24.7 Å². The van der Waals surface area contributed by atoms with Gasteiger partial charge in [-0.3, -0.25) is 0 Å². The number of rotatable bonds is 10. The Hall–Kier alpha value is -3.28. The molecule has 0 bridgehead atoms. The molecule has 1 saturated carbocycles. The predicted molar refractivity (Wildman–Crippen MR) is 146 cm³/mol. The first kappa shape index (κ1) is 28.3. The van der Waals surface area contributed by atoms with Crippen LogP contribution in [0.4, 0.5) is 0 Å². The lowest BCUT2D eigenvalue weighted by Crippen LogP contribution is -2.43. The molecule has 1 aliphatic carbocycles. The van der Waals surface area contributed by atoms with Gasteiger partial charge < -0.3 is 19.0 Å². The van der Waals surface area contributed by atoms with E-state index in [1.54, 1.807) is 13.0 Å². The van der Waals surface area contributed by atoms with Crippen LogP contribution in [0.2, 0.25) is 0 Å². The van der Waals surface area contributed by atoms with Crippen LogP contribution >= 0.6 is 0 Å². The maximum atomic E-state index is 12.0. The minimum absolute atomic E-state index is 0.235. The van der Waals surface area contributed by atoms with Crippen molar-refractivity contribution in [2.75, 3.05) is 6.61 Å². The molecule has 0 amide bonds. The average molecular weight is 508 g/mol. The van der Waals surface area contributed by atoms with Crippen molar-refractivity contribution in [3.8, 4) is 11.5 Å². The van der Waals surface area contributed by atoms with Gasteiger partial charge in [0, 0.05) is 18.8 Å². The minimum Gasteiger partial charge on any atom is -0.493 e. The standard InChI is InChI=1S/C29H35NO5.C2H6/c1-20-8-7-11-25(18-20)35-29(3,28(31)32)19-22-12-14-24(15-13-22)33-17-16-26-21(2)34-27(30-26)23-9-5-4-6-10-23;1-2/h7-8,11-15,18,23H,4-6,9-10,16-17,19H2,1-3H3,(H,31,32);1-2H3. The number of carboxylic acids is 1. The Bertz CT molecular complexity index is 1130. The summed E-state index contributed by atoms with van der Waals surface area (Å²) in [5.74, 6) is 2.50. The zero-order valence-electron chi connectivity index (χ0n) is 22.9. The normalized spacial score (nSPS) is 15.3. The highest BCUT2D eigenvalue weighted by Crippen LogP contribution is 2.33. The molecule has 3 aromatic rings. The number of aliphatic carboxylic acids is 1. The van der Waals surface area contributed by atoms with E-state index in [1.165, 1.54) is 32.1 Å². The SMILES string of the molecule is CC.Cc1cccc(OC(C)(Cc2ccc(OCCc3nc(C4CCCCC4)oc3C)cc2)C(=O)O)c1. The van der Waals surface area contributed by atoms with E-state index in [-0.39, 0.29) is 6.42 Å². The molecule has 4 rings (SSSR count). The molecule has 2 aromatic carbocycles. The van der Waals surface area contributed by atoms with E-state index in [4.69, 9.17) is 18.9 Å². The van der Waals surface area contributed by atoms with Gasteiger partial charge in [-0.1, -0.05) is 57.4 Å². The van der Waals surface area contributed by atoms with Gasteiger partial charge in [0.2, 0.25) is 5.60 Å². The fourth-order valence-corrected chi connectivity index (χ4v) is 4.66. The van der Waals surface area contributed by atoms with Crippen LogP contribution in [0, 0.1) is 13.8 Å². The van der Waals surface area contributed by atoms with Gasteiger partial charge in [-0.25, -0.2) is 9.78 Å². The topological polar surface area (TPSA) is 81.8 Å². The lowest BCUT2D eigenvalue weighted by Gasteiger charge is -2.26. The first-order valence-electron chi connectivity index (χ1n) is 13.5. The van der Waals surface area contributed by atoms with Crippen LogP contribution in [0.15, 0.2) is 52.9 Å². The second kappa shape index (κ2) is 13.3. The van der Waals surface area contributed by atoms with Crippen LogP contribution in [0.5, 0.6) is 11.5 Å². The van der Waals surface area contributed by atoms with Crippen LogP contribution in [0.25, 0.3) is 0 Å². The molecule has 1 aromatic heterocycles. The highest BCUT2D eigenvalue weighted by molar-refractivity contribution is 5.78. The van der Waals surface area contributed by atoms with Gasteiger partial charge in [-0.15, -0.1) is 0 Å². The zero-order valence-corrected chi connectivity index (χ0v) is 22.9. The van der Waals surface area contributed by atoms with E-state index < -0.39 is 11.6 Å². The number of oxazole rings is 1. The number of hydrogen-bond acceptors (Lipinski definition) is 5. The van der Waals surface area contributed by atoms with Gasteiger partial charge in [-0.2, -0.15) is 0 Å². The van der Waals surface area contributed by atoms with E-state index >= 15 is 0 Å². The monoisotopic (exact) mass is 507 g/mol. The van der Waals surface area contributed by atoms with Crippen LogP contribution in [-0.4, -0.2) is 28.3 Å². The molecule has 1 atom stereocenters. The molecule has 0 aliphatic heterocycles. The van der Waals surface area contributed by atoms with Crippen molar-refractivity contribution < 1.29 is 23.8 Å². The molecule has 6 heteroatoms. The number of nitrogens with zero attached hydrogens (tertiary/aromatic N) is 1. The van der Waals surface area contributed by atoms with Crippen LogP contribution < -0.4 is 9.47 Å². The number of carbonyl (C=O) groups is 1. The summed E-state index contributed by atoms with van der Waals surface area (Å²) in [6.45, 7) is 10.0. The summed E-state index contributed by atoms with van der Waals surface area (Å²) in [4.78, 5) is 16.8. The fraction of sp³-hybridized carbons (Fsp3) is 0.484. The van der Waals surface area contributed by atoms with E-state index in [9.17, 15) is 9.90 Å². The average Bonchev–Trinajstić information content (AvgIpc) is 3.27. The first-order chi connectivity index (χ1) is 17.8. The molecule has 1 unspecified atom stereocenters. The number of aromatic nitrogens is 1. The van der Waals surface area contributed by atoms with Crippen molar-refractivity contribution in [1.29, 1.82) is 0 Å². The lowest BCUT2D eigenvalue weighted by atomic mass is 9.89. The molecule has 1 heterocycles. The van der Waals surface area contributed by atoms with Gasteiger partial charge in [0.25, 0.3) is 0 Å². The number of benzene rings is 2. The van der Waals surface area contributed by atoms with E-state index in [1.807, 2.05) is 70.2 Å². The minimum atomic E-state index is -1.38. The van der Waals surface area contributed by atoms with Crippen molar-refractivity contribution in [2.45, 2.75) is 91.1 Å². The molecule has 37 heavy (non-hydrogen) atoms. The molecule has 200 valence electrons. The Morgan fingerprint density at radius 2 is 1.76 bits per heavy atom. The van der Waals surface area contributed by atoms with Gasteiger partial charge in [0.15, 0.2) is 5.89 Å². The molecular formula is C31H41NO5. The number of aryl methyl sites for hydroxylation is 2. The molecule has 1 fully saturated rings. The number of hydrogen-bond donors (Lipinski definition) is 1. The zero-order chi connectivity index (χ0) is 26.8. The van der Waals surface area contributed by atoms with Crippen molar-refractivity contribution in [2.24, 2.45) is 0 Å². The predicted octanol–water partition coefficient (Wildman–Crippen LogP) is 7.45. The lowest BCUT2D eigenvalue weighted by molar-refractivity contribution is -0.153. The van der Waals surface area contributed by atoms with Crippen LogP contribution in [0.3, 0.4) is 0 Å². The maximum absolute atomic E-state index is 12.0. The maximum Gasteiger partial charge on any atom is 0.348 e. The van der Waals surface area contributed by atoms with Crippen LogP contribution in [-0.2, 0) is 17.6 Å². The Labute approximate surface area is 221 Å². The largest absolute Gasteiger partial charge is 0.493 e. The second-order valence-electron chi connectivity index (χ2n) is 9.76. The third kappa shape index (κ3) is 7.85. The Balaban J connectivity index is 0.00000186. The summed E-state index contributed by atoms with van der Waals surface area (Å²) in [5.41, 5.74) is 1.46. The summed E-state index contributed by atoms with van der Waals surface area (Å²) >= 11 is 0. The molecule has 0 saturated heterocycles. The third-order valence-corrected chi connectivity index (χ3v) is 6.72. The molecule has 0 radical (unpaired) electrons. The smallest absolute Gasteiger partial charge is 0.348 e. The molecule has 0 spiro atoms. The van der Waals surface area contributed by atoms with Gasteiger partial charge in [0.05, 0.1) is 12.3 Å². The Morgan fingerprint density at radius 3 is 2.41 bits per heavy atom. The first-order valence-corrected chi connectivity index (χ1v) is 13.5. The van der Waals surface area contributed by atoms with Gasteiger partial charge in [-0.05, 0) is 69.0 Å². The van der Waals surface area contributed by atoms with Gasteiger partial charge >= 0.3 is 5.97 Å². The van der Waals surface area contributed by atoms with Crippen molar-refractivity contribution in [1.82, 2.24) is 4.98 Å². The molecule has 6 nitrogen and oxygen atoms in total. The summed E-state index contributed by atoms with van der Waals surface area (Å²) in [6, 6.07) is 14.9. The van der Waals surface area contributed by atoms with E-state index in [0.717, 1.165) is 34.2 Å². The summed E-state index contributed by atoms with van der Waals surface area (Å²) in [6.07, 6.45) is 7.07. The number of carboxylic acid groups (broad SMARTS) is 1. The van der Waals surface area contributed by atoms with Crippen molar-refractivity contribution in [3.05, 3.63) is 77.0 Å². The summed E-state index contributed by atoms with van der Waals surface area (Å²) in [7, 11) is 0. The van der Waals surface area contributed by atoms with Crippen molar-refractivity contribution in [3.63, 3.8) is 0 Å². The van der Waals surface area contributed by atoms with Crippen LogP contribution in [0.1, 0.15) is 87.3 Å². The van der Waals surface area contributed by atoms with E-state index in [2.05, 4.69) is 0 Å². The van der Waals surface area contributed by atoms with Crippen molar-refractivity contribution >= 4 is 5.97 Å². The second-order valence-corrected chi connectivity index (χ2v) is 9.76. The molecule has 1 aliphatic rings. The summed E-state index contributed by atoms with van der Waals surface area (Å²) < 4.78 is 17.8. The fourth-order valence-electron chi connectivity index (χ4n) is 4.66. The molecule has 1 N–H and O–H groups in total. The Kier molecular flexibility index (Phi) is 10.2. The quantitative estimate of drug-likeness (QED) is 0.307. The Morgan fingerprint density at radius 1 is 1.05 bits per heavy atom. The molecular weight excluding hydrogens is 466 g/mol. The number of ether oxygens (including phenoxy) is 2. The third-order valence-electron chi connectivity index (χ3n) is 6.72. The van der Waals surface area contributed by atoms with Gasteiger partial charge in [0.1, 0.15) is 17.3 Å². The highest BCUT2D eigenvalue weighted by Gasteiger charge is 2.36. The highest BCUT2D eigenvalue weighted by atomic mass is 16.5. The summed E-state index contributed by atoms with van der Waals surface area (Å²) in [5, 5.41) is 9.85.